The molecule has 0 aliphatic rings. The van der Waals surface area contributed by atoms with Gasteiger partial charge < -0.3 is 10.5 Å². The van der Waals surface area contributed by atoms with Crippen molar-refractivity contribution >= 4 is 17.7 Å². The molecule has 0 saturated heterocycles. The van der Waals surface area contributed by atoms with Crippen LogP contribution in [0, 0.1) is 11.3 Å². The van der Waals surface area contributed by atoms with Crippen molar-refractivity contribution in [3.63, 3.8) is 0 Å². The molecule has 4 nitrogen and oxygen atoms in total. The van der Waals surface area contributed by atoms with Crippen molar-refractivity contribution in [3.8, 4) is 6.07 Å². The highest BCUT2D eigenvalue weighted by Crippen LogP contribution is 2.11. The molecule has 0 amide bonds. The Bertz CT molecular complexity index is 467. The fraction of sp³-hybridized carbons (Fsp3) is 0.231. The van der Waals surface area contributed by atoms with Crippen LogP contribution in [0.25, 0.3) is 6.08 Å². The summed E-state index contributed by atoms with van der Waals surface area (Å²) < 4.78 is 4.94. The Morgan fingerprint density at radius 1 is 1.41 bits per heavy atom. The summed E-state index contributed by atoms with van der Waals surface area (Å²) in [6.45, 7) is 3.46. The first-order valence-electron chi connectivity index (χ1n) is 5.21. The smallest absolute Gasteiger partial charge is 0.349 e. The number of carbonyl (C=O) groups is 1. The highest BCUT2D eigenvalue weighted by molar-refractivity contribution is 5.97. The van der Waals surface area contributed by atoms with Gasteiger partial charge in [-0.25, -0.2) is 4.79 Å². The maximum absolute atomic E-state index is 11.5. The first kappa shape index (κ1) is 12.8. The Morgan fingerprint density at radius 2 is 2.00 bits per heavy atom. The number of nitrogens with two attached hydrogens (primary N) is 1. The van der Waals surface area contributed by atoms with Gasteiger partial charge in [0.15, 0.2) is 0 Å². The van der Waals surface area contributed by atoms with Crippen LogP contribution >= 0.6 is 0 Å². The molecule has 0 heterocycles. The third-order valence-electron chi connectivity index (χ3n) is 1.93. The van der Waals surface area contributed by atoms with Crippen LogP contribution in [0.15, 0.2) is 29.8 Å². The lowest BCUT2D eigenvalue weighted by Gasteiger charge is -2.06. The number of hydrogen-bond donors (Lipinski definition) is 1. The molecule has 0 aliphatic heterocycles. The van der Waals surface area contributed by atoms with Gasteiger partial charge in [0.1, 0.15) is 11.6 Å². The van der Waals surface area contributed by atoms with Gasteiger partial charge >= 0.3 is 5.97 Å². The van der Waals surface area contributed by atoms with Crippen LogP contribution in [0.2, 0.25) is 0 Å². The molecule has 0 fully saturated rings. The van der Waals surface area contributed by atoms with Crippen molar-refractivity contribution in [2.45, 2.75) is 20.0 Å². The van der Waals surface area contributed by atoms with E-state index < -0.39 is 5.97 Å². The standard InChI is InChI=1S/C13H14N2O2/c1-9(2)17-13(16)11(8-14)7-10-3-5-12(15)6-4-10/h3-7,9H,15H2,1-2H3/b11-7+. The third kappa shape index (κ3) is 3.99. The van der Waals surface area contributed by atoms with Gasteiger partial charge in [-0.15, -0.1) is 0 Å². The lowest BCUT2D eigenvalue weighted by atomic mass is 10.1. The van der Waals surface area contributed by atoms with Gasteiger partial charge in [-0.05, 0) is 37.6 Å². The number of benzene rings is 1. The van der Waals surface area contributed by atoms with E-state index in [1.807, 2.05) is 6.07 Å². The van der Waals surface area contributed by atoms with Gasteiger partial charge in [0.05, 0.1) is 6.10 Å². The zero-order valence-corrected chi connectivity index (χ0v) is 9.81. The van der Waals surface area contributed by atoms with Crippen LogP contribution in [0.5, 0.6) is 0 Å². The van der Waals surface area contributed by atoms with Crippen molar-refractivity contribution in [2.24, 2.45) is 0 Å². The number of hydrogen-bond acceptors (Lipinski definition) is 4. The summed E-state index contributed by atoms with van der Waals surface area (Å²) in [6.07, 6.45) is 1.23. The molecule has 0 spiro atoms. The van der Waals surface area contributed by atoms with Crippen molar-refractivity contribution in [1.29, 1.82) is 5.26 Å². The summed E-state index contributed by atoms with van der Waals surface area (Å²) in [4.78, 5) is 11.5. The van der Waals surface area contributed by atoms with Gasteiger partial charge in [-0.2, -0.15) is 5.26 Å². The van der Waals surface area contributed by atoms with Gasteiger partial charge in [0.25, 0.3) is 0 Å². The summed E-state index contributed by atoms with van der Waals surface area (Å²) in [5, 5.41) is 8.88. The molecule has 4 heteroatoms. The van der Waals surface area contributed by atoms with Crippen LogP contribution in [-0.4, -0.2) is 12.1 Å². The number of rotatable bonds is 3. The first-order valence-corrected chi connectivity index (χ1v) is 5.21. The first-order chi connectivity index (χ1) is 8.02. The fourth-order valence-corrected chi connectivity index (χ4v) is 1.17. The number of esters is 1. The molecule has 0 saturated carbocycles. The zero-order chi connectivity index (χ0) is 12.8. The Labute approximate surface area is 100 Å². The van der Waals surface area contributed by atoms with Gasteiger partial charge in [-0.3, -0.25) is 0 Å². The molecule has 17 heavy (non-hydrogen) atoms. The molecule has 0 unspecified atom stereocenters. The Kier molecular flexibility index (Phi) is 4.29. The van der Waals surface area contributed by atoms with Crippen LogP contribution in [0.1, 0.15) is 19.4 Å². The molecular formula is C13H14N2O2. The van der Waals surface area contributed by atoms with Crippen LogP contribution in [-0.2, 0) is 9.53 Å². The number of anilines is 1. The molecule has 0 aromatic heterocycles. The highest BCUT2D eigenvalue weighted by atomic mass is 16.5. The van der Waals surface area contributed by atoms with Crippen molar-refractivity contribution in [3.05, 3.63) is 35.4 Å². The third-order valence-corrected chi connectivity index (χ3v) is 1.93. The van der Waals surface area contributed by atoms with E-state index in [-0.39, 0.29) is 11.7 Å². The van der Waals surface area contributed by atoms with Gasteiger partial charge in [-0.1, -0.05) is 12.1 Å². The normalized spacial score (nSPS) is 11.1. The average Bonchev–Trinajstić information content (AvgIpc) is 2.27. The Hall–Kier alpha value is -2.28. The van der Waals surface area contributed by atoms with E-state index in [0.29, 0.717) is 5.69 Å². The lowest BCUT2D eigenvalue weighted by molar-refractivity contribution is -0.142. The molecule has 0 radical (unpaired) electrons. The van der Waals surface area contributed by atoms with Crippen molar-refractivity contribution in [1.82, 2.24) is 0 Å². The van der Waals surface area contributed by atoms with Crippen molar-refractivity contribution < 1.29 is 9.53 Å². The zero-order valence-electron chi connectivity index (χ0n) is 9.81. The van der Waals surface area contributed by atoms with E-state index >= 15 is 0 Å². The summed E-state index contributed by atoms with van der Waals surface area (Å²) in [5.41, 5.74) is 6.88. The quantitative estimate of drug-likeness (QED) is 0.373. The minimum atomic E-state index is -0.612. The van der Waals surface area contributed by atoms with E-state index in [1.165, 1.54) is 6.08 Å². The number of nitrogens with zero attached hydrogens (tertiary/aromatic N) is 1. The van der Waals surface area contributed by atoms with Crippen LogP contribution in [0.3, 0.4) is 0 Å². The Morgan fingerprint density at radius 3 is 2.47 bits per heavy atom. The molecule has 1 aromatic carbocycles. The highest BCUT2D eigenvalue weighted by Gasteiger charge is 2.11. The molecule has 1 aromatic rings. The lowest BCUT2D eigenvalue weighted by Crippen LogP contribution is -2.12. The van der Waals surface area contributed by atoms with Crippen LogP contribution in [0.4, 0.5) is 5.69 Å². The monoisotopic (exact) mass is 230 g/mol. The minimum Gasteiger partial charge on any atom is -0.459 e. The number of nitrogen functional groups attached to an aromatic ring is 1. The topological polar surface area (TPSA) is 76.1 Å². The van der Waals surface area contributed by atoms with E-state index in [2.05, 4.69) is 0 Å². The predicted molar refractivity (Wildman–Crippen MR) is 65.7 cm³/mol. The fourth-order valence-electron chi connectivity index (χ4n) is 1.17. The van der Waals surface area contributed by atoms with Crippen LogP contribution < -0.4 is 5.73 Å². The summed E-state index contributed by atoms with van der Waals surface area (Å²) in [7, 11) is 0. The number of nitriles is 1. The maximum Gasteiger partial charge on any atom is 0.349 e. The SMILES string of the molecule is CC(C)OC(=O)/C(C#N)=C/c1ccc(N)cc1. The van der Waals surface area contributed by atoms with E-state index in [9.17, 15) is 4.79 Å². The molecule has 2 N–H and O–H groups in total. The number of ether oxygens (including phenoxy) is 1. The van der Waals surface area contributed by atoms with Gasteiger partial charge in [0.2, 0.25) is 0 Å². The summed E-state index contributed by atoms with van der Waals surface area (Å²) in [6, 6.07) is 8.69. The molecule has 0 atom stereocenters. The second-order valence-electron chi connectivity index (χ2n) is 3.79. The molecule has 88 valence electrons. The maximum atomic E-state index is 11.5. The minimum absolute atomic E-state index is 0.0246. The van der Waals surface area contributed by atoms with E-state index in [4.69, 9.17) is 15.7 Å². The summed E-state index contributed by atoms with van der Waals surface area (Å²) in [5.74, 6) is -0.612. The Balaban J connectivity index is 2.91. The molecule has 0 aliphatic carbocycles. The molecular weight excluding hydrogens is 216 g/mol. The van der Waals surface area contributed by atoms with E-state index in [0.717, 1.165) is 5.56 Å². The predicted octanol–water partition coefficient (Wildman–Crippen LogP) is 2.13. The molecule has 1 rings (SSSR count). The van der Waals surface area contributed by atoms with Gasteiger partial charge in [0, 0.05) is 5.69 Å². The average molecular weight is 230 g/mol. The summed E-state index contributed by atoms with van der Waals surface area (Å²) >= 11 is 0. The second kappa shape index (κ2) is 5.71. The molecule has 0 bridgehead atoms. The largest absolute Gasteiger partial charge is 0.459 e. The second-order valence-corrected chi connectivity index (χ2v) is 3.79. The number of carbonyl (C=O) groups excluding carboxylic acids is 1. The van der Waals surface area contributed by atoms with E-state index in [1.54, 1.807) is 38.1 Å². The van der Waals surface area contributed by atoms with Crippen molar-refractivity contribution in [2.75, 3.05) is 5.73 Å².